The molecule has 420 valence electrons. The number of aliphatic hydroxyl groups excluding tert-OH is 2. The first kappa shape index (κ1) is 66.2. The fourth-order valence-electron chi connectivity index (χ4n) is 7.84. The maximum atomic E-state index is 13.1. The third kappa shape index (κ3) is 18.8. The number of phenolic OH excluding ortho intramolecular Hbond substituents is 7. The fraction of sp³-hybridized carbons (Fsp3) is 0.439. The van der Waals surface area contributed by atoms with Crippen molar-refractivity contribution in [2.24, 2.45) is 0 Å². The normalized spacial score (nSPS) is 13.4. The molecule has 76 heavy (non-hydrogen) atoms. The molecule has 0 bridgehead atoms. The Balaban J connectivity index is 0.000000583. The zero-order valence-electron chi connectivity index (χ0n) is 44.5. The number of rotatable bonds is 20. The summed E-state index contributed by atoms with van der Waals surface area (Å²) in [6.45, 7) is 23.8. The molecule has 2 aliphatic rings. The highest BCUT2D eigenvalue weighted by molar-refractivity contribution is 6.42. The molecule has 12 N–H and O–H groups in total. The number of allylic oxidation sites excluding steroid dienone is 5. The van der Waals surface area contributed by atoms with Crippen LogP contribution in [-0.4, -0.2) is 125 Å². The lowest BCUT2D eigenvalue weighted by Crippen LogP contribution is -2.30. The molecule has 0 aliphatic heterocycles. The van der Waals surface area contributed by atoms with E-state index < -0.39 is 45.4 Å². The number of Topliss-reactive ketones (excluding diaryl/α,β-unsaturated/α-hetero) is 1. The van der Waals surface area contributed by atoms with Crippen LogP contribution in [0.3, 0.4) is 0 Å². The number of nitrogens with one attached hydrogen (secondary N) is 1. The Morgan fingerprint density at radius 2 is 0.750 bits per heavy atom. The molecule has 6 rings (SSSR count). The summed E-state index contributed by atoms with van der Waals surface area (Å²) in [5.74, 6) is -4.83. The van der Waals surface area contributed by atoms with Gasteiger partial charge in [0.05, 0.1) is 22.3 Å². The molecule has 2 aliphatic carbocycles. The van der Waals surface area contributed by atoms with Gasteiger partial charge in [0.1, 0.15) is 51.8 Å². The lowest BCUT2D eigenvalue weighted by atomic mass is 9.78. The Labute approximate surface area is 446 Å². The van der Waals surface area contributed by atoms with Gasteiger partial charge >= 0.3 is 0 Å². The molecule has 0 unspecified atom stereocenters. The summed E-state index contributed by atoms with van der Waals surface area (Å²) in [6, 6.07) is 11.0. The SMILES string of the molecule is C.CCCN(CCC)C1=CC(=O)C(=C2C(=O)C(c3c(O)cc(N(CCC)CCC)cc3O)=C2O)C(O)=C1.CCCN(CCC)c1cc(O)cc(O)c1.CCCNCCC.O=c1c(O)c(O)c1=O.Oc1cc(O)cc(O)c1. The van der Waals surface area contributed by atoms with Crippen LogP contribution in [0.25, 0.3) is 5.57 Å². The molecule has 0 heterocycles. The van der Waals surface area contributed by atoms with E-state index in [2.05, 4.69) is 37.9 Å². The molecule has 0 radical (unpaired) electrons. The van der Waals surface area contributed by atoms with Gasteiger partial charge in [0, 0.05) is 117 Å². The zero-order valence-corrected chi connectivity index (χ0v) is 44.5. The largest absolute Gasteiger partial charge is 0.508 e. The lowest BCUT2D eigenvalue weighted by molar-refractivity contribution is -0.114. The topological polar surface area (TPSA) is 313 Å². The minimum atomic E-state index is -1.01. The third-order valence-electron chi connectivity index (χ3n) is 11.1. The molecule has 4 aromatic carbocycles. The number of carbonyl (C=O) groups excluding carboxylic acids is 2. The molecule has 0 amide bonds. The number of carbonyl (C=O) groups is 2. The fourth-order valence-corrected chi connectivity index (χ4v) is 7.84. The van der Waals surface area contributed by atoms with Crippen molar-refractivity contribution in [3.63, 3.8) is 0 Å². The number of nitrogens with zero attached hydrogens (tertiary/aromatic N) is 3. The van der Waals surface area contributed by atoms with Crippen LogP contribution in [0.2, 0.25) is 0 Å². The summed E-state index contributed by atoms with van der Waals surface area (Å²) in [7, 11) is 0. The van der Waals surface area contributed by atoms with Gasteiger partial charge in [-0.2, -0.15) is 0 Å². The van der Waals surface area contributed by atoms with Crippen LogP contribution in [0.15, 0.2) is 98.6 Å². The van der Waals surface area contributed by atoms with Crippen molar-refractivity contribution in [3.05, 3.63) is 115 Å². The van der Waals surface area contributed by atoms with E-state index in [9.17, 15) is 49.8 Å². The van der Waals surface area contributed by atoms with E-state index in [0.29, 0.717) is 24.5 Å². The molecule has 0 spiro atoms. The summed E-state index contributed by atoms with van der Waals surface area (Å²) in [5, 5.41) is 107. The maximum absolute atomic E-state index is 13.1. The molecule has 0 fully saturated rings. The Morgan fingerprint density at radius 1 is 0.408 bits per heavy atom. The van der Waals surface area contributed by atoms with E-state index in [1.807, 2.05) is 37.5 Å². The first-order valence-electron chi connectivity index (χ1n) is 25.5. The van der Waals surface area contributed by atoms with Gasteiger partial charge in [0.15, 0.2) is 5.78 Å². The van der Waals surface area contributed by atoms with E-state index >= 15 is 0 Å². The number of benzene rings is 3. The standard InChI is InChI=1S/C28H36N2O6.C12H19NO2.C6H15N.C6H6O3.C4H2O4.CH4/c1-5-9-29(10-6-2)17-13-19(31)23(20(32)14-17)25-27(35)26(28(25)36)24-21(33)15-18(16-22(24)34)30(11-7-3)12-8-4;1-3-5-13(6-4-2)10-7-11(14)9-12(15)8-10;1-3-5-7-6-4-2;7-4-1-5(8)3-6(9)2-4;5-1-2(6)4(8)3(1)7;/h13-16,31-33,35H,5-12H2,1-4H3;7-9,14-15H,3-6H2,1-2H3;7H,3-6H2,1-2H3;1-3,7-9H;5-6H;1H4. The lowest BCUT2D eigenvalue weighted by Gasteiger charge is -2.29. The summed E-state index contributed by atoms with van der Waals surface area (Å²) in [5.41, 5.74) is -1.07. The number of ketones is 2. The summed E-state index contributed by atoms with van der Waals surface area (Å²) >= 11 is 0. The minimum absolute atomic E-state index is 0. The van der Waals surface area contributed by atoms with E-state index in [-0.39, 0.29) is 70.0 Å². The molecule has 0 saturated carbocycles. The van der Waals surface area contributed by atoms with E-state index in [1.165, 1.54) is 56.3 Å². The molecular formula is C57H82N4O15. The molecular weight excluding hydrogens is 981 g/mol. The maximum Gasteiger partial charge on any atom is 0.275 e. The second-order valence-corrected chi connectivity index (χ2v) is 17.6. The Bertz CT molecular complexity index is 2570. The van der Waals surface area contributed by atoms with Crippen molar-refractivity contribution in [2.75, 3.05) is 62.2 Å². The number of phenols is 7. The Kier molecular flexibility index (Phi) is 28.9. The van der Waals surface area contributed by atoms with Crippen LogP contribution in [0.5, 0.6) is 51.7 Å². The van der Waals surface area contributed by atoms with Gasteiger partial charge in [-0.05, 0) is 64.5 Å². The average molecular weight is 1060 g/mol. The van der Waals surface area contributed by atoms with E-state index in [4.69, 9.17) is 25.5 Å². The second kappa shape index (κ2) is 33.2. The molecule has 19 nitrogen and oxygen atoms in total. The van der Waals surface area contributed by atoms with E-state index in [0.717, 1.165) is 88.6 Å². The number of aromatic hydroxyl groups is 9. The van der Waals surface area contributed by atoms with Crippen molar-refractivity contribution < 1.29 is 65.8 Å². The molecule has 0 atom stereocenters. The monoisotopic (exact) mass is 1060 g/mol. The van der Waals surface area contributed by atoms with Crippen LogP contribution < -0.4 is 26.0 Å². The van der Waals surface area contributed by atoms with Gasteiger partial charge in [-0.25, -0.2) is 0 Å². The minimum Gasteiger partial charge on any atom is -0.508 e. The van der Waals surface area contributed by atoms with Crippen molar-refractivity contribution in [1.29, 1.82) is 0 Å². The van der Waals surface area contributed by atoms with Crippen molar-refractivity contribution >= 4 is 28.5 Å². The molecule has 0 aromatic heterocycles. The van der Waals surface area contributed by atoms with Crippen LogP contribution >= 0.6 is 0 Å². The van der Waals surface area contributed by atoms with Crippen molar-refractivity contribution in [3.8, 4) is 51.7 Å². The Morgan fingerprint density at radius 3 is 1.07 bits per heavy atom. The molecule has 4 aromatic rings. The summed E-state index contributed by atoms with van der Waals surface area (Å²) in [6.07, 6.45) is 10.9. The van der Waals surface area contributed by atoms with Crippen LogP contribution in [-0.2, 0) is 9.59 Å². The van der Waals surface area contributed by atoms with Crippen LogP contribution in [0, 0.1) is 0 Å². The number of hydrogen-bond donors (Lipinski definition) is 12. The zero-order chi connectivity index (χ0) is 56.5. The average Bonchev–Trinajstić information content (AvgIpc) is 3.35. The van der Waals surface area contributed by atoms with Crippen LogP contribution in [0.4, 0.5) is 11.4 Å². The van der Waals surface area contributed by atoms with Crippen molar-refractivity contribution in [1.82, 2.24) is 10.2 Å². The van der Waals surface area contributed by atoms with Gasteiger partial charge in [-0.1, -0.05) is 62.8 Å². The molecule has 0 saturated heterocycles. The summed E-state index contributed by atoms with van der Waals surface area (Å²) in [4.78, 5) is 52.1. The van der Waals surface area contributed by atoms with Gasteiger partial charge in [-0.15, -0.1) is 0 Å². The number of aliphatic hydroxyl groups is 2. The predicted molar refractivity (Wildman–Crippen MR) is 299 cm³/mol. The third-order valence-corrected chi connectivity index (χ3v) is 11.1. The quantitative estimate of drug-likeness (QED) is 0.0223. The van der Waals surface area contributed by atoms with Gasteiger partial charge in [-0.3, -0.25) is 19.2 Å². The highest BCUT2D eigenvalue weighted by Crippen LogP contribution is 2.47. The Hall–Kier alpha value is -7.80. The first-order valence-corrected chi connectivity index (χ1v) is 25.5. The van der Waals surface area contributed by atoms with E-state index in [1.54, 1.807) is 12.1 Å². The second-order valence-electron chi connectivity index (χ2n) is 17.6. The number of anilines is 2. The predicted octanol–water partition coefficient (Wildman–Crippen LogP) is 9.16. The smallest absolute Gasteiger partial charge is 0.275 e. The highest BCUT2D eigenvalue weighted by Gasteiger charge is 2.43. The van der Waals surface area contributed by atoms with Crippen molar-refractivity contribution in [2.45, 2.75) is 114 Å². The van der Waals surface area contributed by atoms with Gasteiger partial charge < -0.3 is 76.2 Å². The highest BCUT2D eigenvalue weighted by atomic mass is 16.3. The van der Waals surface area contributed by atoms with Crippen LogP contribution in [0.1, 0.15) is 120 Å². The van der Waals surface area contributed by atoms with Gasteiger partial charge in [0.2, 0.25) is 17.3 Å². The summed E-state index contributed by atoms with van der Waals surface area (Å²) < 4.78 is 0. The first-order chi connectivity index (χ1) is 35.6. The molecule has 19 heteroatoms. The van der Waals surface area contributed by atoms with Gasteiger partial charge in [0.25, 0.3) is 10.9 Å². The number of hydrogen-bond acceptors (Lipinski definition) is 19.